The van der Waals surface area contributed by atoms with Crippen molar-refractivity contribution in [2.75, 3.05) is 0 Å². The van der Waals surface area contributed by atoms with Gasteiger partial charge in [0, 0.05) is 0 Å². The van der Waals surface area contributed by atoms with Gasteiger partial charge in [0.15, 0.2) is 0 Å². The van der Waals surface area contributed by atoms with Gasteiger partial charge in [0.05, 0.1) is 0 Å². The first-order valence-electron chi connectivity index (χ1n) is 24.4. The van der Waals surface area contributed by atoms with Crippen molar-refractivity contribution in [1.82, 2.24) is 0 Å². The average Bonchev–Trinajstić information content (AvgIpc) is 4.06. The summed E-state index contributed by atoms with van der Waals surface area (Å²) >= 11 is -1.65. The molecule has 0 saturated heterocycles. The fraction of sp³-hybridized carbons (Fsp3) is 0.121. The van der Waals surface area contributed by atoms with Gasteiger partial charge in [-0.15, -0.1) is 44.8 Å². The number of benzene rings is 10. The summed E-state index contributed by atoms with van der Waals surface area (Å²) in [6.45, 7) is 13.5. The Morgan fingerprint density at radius 2 is 0.571 bits per heavy atom. The van der Waals surface area contributed by atoms with Crippen LogP contribution in [0.3, 0.4) is 0 Å². The Morgan fingerprint density at radius 1 is 0.329 bits per heavy atom. The summed E-state index contributed by atoms with van der Waals surface area (Å²) in [6, 6.07) is 80.2. The molecule has 12 aromatic rings. The Kier molecular flexibility index (Phi) is 14.2. The van der Waals surface area contributed by atoms with Gasteiger partial charge in [-0.25, -0.2) is 0 Å². The summed E-state index contributed by atoms with van der Waals surface area (Å²) < 4.78 is 0. The Bertz CT molecular complexity index is 3390. The molecule has 0 saturated carbocycles. The standard InChI is InChI=1S/2C32H25.C2H6Si.2ClH.Zr/c2*1-21(2)24-19-31-29(27-15-7-11-22-9-3-5-13-25(22)27)17-18-30(32(31)20-24)28-16-8-12-23-10-4-6-14-26(23)28;1-3-2;;;/h2*3-21H,1-2H3;1-2H3;2*1H;/q2*-1;;;;+2/p-2. The van der Waals surface area contributed by atoms with E-state index in [9.17, 15) is 0 Å². The normalized spacial score (nSPS) is 11.4. The molecule has 12 aromatic carbocycles. The van der Waals surface area contributed by atoms with Crippen LogP contribution in [0.25, 0.3) is 109 Å². The summed E-state index contributed by atoms with van der Waals surface area (Å²) in [5.74, 6) is 0.978. The number of hydrogen-bond acceptors (Lipinski definition) is 0. The van der Waals surface area contributed by atoms with Crippen molar-refractivity contribution in [1.29, 1.82) is 0 Å². The molecule has 0 aliphatic carbocycles. The third-order valence-corrected chi connectivity index (χ3v) is 33.6. The summed E-state index contributed by atoms with van der Waals surface area (Å²) in [6.07, 6.45) is 0. The van der Waals surface area contributed by atoms with Crippen LogP contribution in [0.1, 0.15) is 50.7 Å². The third-order valence-electron chi connectivity index (χ3n) is 13.8. The van der Waals surface area contributed by atoms with Crippen molar-refractivity contribution >= 4 is 87.1 Å². The van der Waals surface area contributed by atoms with Crippen molar-refractivity contribution < 1.29 is 18.0 Å². The van der Waals surface area contributed by atoms with Crippen LogP contribution >= 0.6 is 17.0 Å². The first kappa shape index (κ1) is 47.8. The van der Waals surface area contributed by atoms with Gasteiger partial charge >= 0.3 is 53.5 Å². The zero-order chi connectivity index (χ0) is 48.5. The molecule has 0 unspecified atom stereocenters. The van der Waals surface area contributed by atoms with Gasteiger partial charge in [-0.2, -0.15) is 12.1 Å². The molecule has 0 N–H and O–H groups in total. The van der Waals surface area contributed by atoms with Crippen molar-refractivity contribution in [2.24, 2.45) is 0 Å². The van der Waals surface area contributed by atoms with E-state index in [1.54, 1.807) is 0 Å². The summed E-state index contributed by atoms with van der Waals surface area (Å²) in [4.78, 5) is 0. The van der Waals surface area contributed by atoms with Crippen molar-refractivity contribution in [3.05, 3.63) is 230 Å². The predicted molar refractivity (Wildman–Crippen MR) is 308 cm³/mol. The van der Waals surface area contributed by atoms with Crippen LogP contribution in [-0.4, -0.2) is 5.43 Å². The minimum absolute atomic E-state index is 0.224. The van der Waals surface area contributed by atoms with Gasteiger partial charge in [-0.3, -0.25) is 0 Å². The van der Waals surface area contributed by atoms with Gasteiger partial charge in [-0.05, 0) is 66.1 Å². The number of halogens is 2. The molecule has 0 aliphatic rings. The van der Waals surface area contributed by atoms with E-state index in [1.807, 2.05) is 0 Å². The van der Waals surface area contributed by atoms with Crippen molar-refractivity contribution in [3.8, 4) is 44.5 Å². The molecule has 0 fully saturated rings. The van der Waals surface area contributed by atoms with E-state index in [-0.39, 0.29) is 5.43 Å². The zero-order valence-electron chi connectivity index (χ0n) is 40.7. The molecule has 0 spiro atoms. The molecule has 0 aliphatic heterocycles. The molecule has 4 heteroatoms. The second kappa shape index (κ2) is 20.8. The predicted octanol–water partition coefficient (Wildman–Crippen LogP) is 20.8. The van der Waals surface area contributed by atoms with E-state index in [2.05, 4.69) is 259 Å². The van der Waals surface area contributed by atoms with Crippen LogP contribution in [0.2, 0.25) is 13.1 Å². The minimum atomic E-state index is -1.65. The van der Waals surface area contributed by atoms with Gasteiger partial charge in [0.2, 0.25) is 0 Å². The van der Waals surface area contributed by atoms with E-state index < -0.39 is 18.0 Å². The molecular formula is C66H56Cl2SiZr-2. The SMILES string of the molecule is CC(C)c1cc2c(-c3cccc4ccccc34)ccc(-c3cccc4ccccc34)c2[cH-]1.CC(C)c1cc2c(-c3cccc4ccccc34)ccc(-c3cccc4ccccc34)c2[cH-]1.C[Si](C)=[Zr]([Cl])[Cl]. The molecule has 12 rings (SSSR count). The first-order valence-corrected chi connectivity index (χ1v) is 36.9. The first-order chi connectivity index (χ1) is 34.0. The molecule has 344 valence electrons. The van der Waals surface area contributed by atoms with E-state index >= 15 is 0 Å². The van der Waals surface area contributed by atoms with E-state index in [0.717, 1.165) is 0 Å². The maximum atomic E-state index is 5.62. The van der Waals surface area contributed by atoms with Crippen LogP contribution in [-0.2, 0) is 18.0 Å². The third kappa shape index (κ3) is 9.53. The molecule has 0 nitrogen and oxygen atoms in total. The molecule has 0 atom stereocenters. The van der Waals surface area contributed by atoms with Crippen LogP contribution in [0.15, 0.2) is 218 Å². The summed E-state index contributed by atoms with van der Waals surface area (Å²) in [5, 5.41) is 15.7. The molecule has 0 radical (unpaired) electrons. The quantitative estimate of drug-likeness (QED) is 0.115. The second-order valence-corrected chi connectivity index (χ2v) is 42.2. The van der Waals surface area contributed by atoms with Gasteiger partial charge in [-0.1, -0.05) is 255 Å². The fourth-order valence-electron chi connectivity index (χ4n) is 10.1. The number of rotatable bonds is 6. The van der Waals surface area contributed by atoms with Gasteiger partial charge < -0.3 is 0 Å². The number of fused-ring (bicyclic) bond motifs is 6. The molecule has 70 heavy (non-hydrogen) atoms. The molecule has 0 bridgehead atoms. The summed E-state index contributed by atoms with van der Waals surface area (Å²) in [7, 11) is 11.2. The van der Waals surface area contributed by atoms with Gasteiger partial charge in [0.25, 0.3) is 0 Å². The molecule has 0 amide bonds. The Morgan fingerprint density at radius 3 is 0.857 bits per heavy atom. The van der Waals surface area contributed by atoms with Crippen LogP contribution in [0, 0.1) is 0 Å². The Labute approximate surface area is 428 Å². The van der Waals surface area contributed by atoms with Gasteiger partial charge in [0.1, 0.15) is 0 Å². The van der Waals surface area contributed by atoms with E-state index in [4.69, 9.17) is 17.0 Å². The van der Waals surface area contributed by atoms with Crippen molar-refractivity contribution in [3.63, 3.8) is 0 Å². The topological polar surface area (TPSA) is 0 Å². The fourth-order valence-corrected chi connectivity index (χ4v) is 10.1. The molecular weight excluding hydrogens is 983 g/mol. The van der Waals surface area contributed by atoms with Crippen LogP contribution < -0.4 is 0 Å². The van der Waals surface area contributed by atoms with Crippen LogP contribution in [0.4, 0.5) is 0 Å². The van der Waals surface area contributed by atoms with E-state index in [0.29, 0.717) is 11.8 Å². The van der Waals surface area contributed by atoms with Crippen molar-refractivity contribution in [2.45, 2.75) is 52.6 Å². The summed E-state index contributed by atoms with van der Waals surface area (Å²) in [5.41, 5.74) is 13.0. The average molecular weight is 1040 g/mol. The Hall–Kier alpha value is -5.86. The van der Waals surface area contributed by atoms with E-state index in [1.165, 1.54) is 120 Å². The number of hydrogen-bond donors (Lipinski definition) is 0. The second-order valence-electron chi connectivity index (χ2n) is 19.2. The monoisotopic (exact) mass is 1040 g/mol. The van der Waals surface area contributed by atoms with Crippen LogP contribution in [0.5, 0.6) is 0 Å². The molecule has 0 heterocycles. The molecule has 0 aromatic heterocycles. The zero-order valence-corrected chi connectivity index (χ0v) is 45.7. The Balaban J connectivity index is 0.000000145. The maximum absolute atomic E-state index is 5.62.